The molecule has 3 aromatic rings. The second-order valence-electron chi connectivity index (χ2n) is 6.35. The molecule has 0 aliphatic carbocycles. The molecule has 0 spiro atoms. The second-order valence-corrected chi connectivity index (χ2v) is 8.10. The van der Waals surface area contributed by atoms with Gasteiger partial charge in [-0.2, -0.15) is 0 Å². The molecule has 0 radical (unpaired) electrons. The van der Waals surface area contributed by atoms with Gasteiger partial charge in [-0.3, -0.25) is 14.6 Å². The Balaban J connectivity index is 1.62. The van der Waals surface area contributed by atoms with Crippen molar-refractivity contribution in [2.45, 2.75) is 13.1 Å². The Morgan fingerprint density at radius 2 is 1.17 bits per heavy atom. The van der Waals surface area contributed by atoms with Gasteiger partial charge in [-0.05, 0) is 59.7 Å². The SMILES string of the molecule is O=C(NCc1cc(Cl)cc(Cl)c1)c1ccnc(C(=O)NCc2cc(Cl)cc(Cl)c2)c1. The van der Waals surface area contributed by atoms with Crippen LogP contribution in [-0.4, -0.2) is 16.8 Å². The summed E-state index contributed by atoms with van der Waals surface area (Å²) >= 11 is 23.9. The first-order chi connectivity index (χ1) is 14.3. The standard InChI is InChI=1S/C21H15Cl4N3O2/c22-15-3-12(4-16(23)8-15)10-27-20(29)14-1-2-26-19(7-14)21(30)28-11-13-5-17(24)9-18(25)6-13/h1-9H,10-11H2,(H,27,29)(H,28,30). The zero-order valence-corrected chi connectivity index (χ0v) is 18.4. The highest BCUT2D eigenvalue weighted by atomic mass is 35.5. The van der Waals surface area contributed by atoms with E-state index >= 15 is 0 Å². The Bertz CT molecular complexity index is 982. The van der Waals surface area contributed by atoms with Crippen molar-refractivity contribution in [3.8, 4) is 0 Å². The van der Waals surface area contributed by atoms with Crippen LogP contribution in [0.2, 0.25) is 20.1 Å². The van der Waals surface area contributed by atoms with Crippen molar-refractivity contribution in [3.05, 3.63) is 97.2 Å². The fourth-order valence-corrected chi connectivity index (χ4v) is 3.82. The van der Waals surface area contributed by atoms with E-state index in [1.807, 2.05) is 0 Å². The monoisotopic (exact) mass is 481 g/mol. The van der Waals surface area contributed by atoms with E-state index in [1.54, 1.807) is 36.4 Å². The smallest absolute Gasteiger partial charge is 0.270 e. The molecule has 30 heavy (non-hydrogen) atoms. The summed E-state index contributed by atoms with van der Waals surface area (Å²) < 4.78 is 0. The quantitative estimate of drug-likeness (QED) is 0.483. The van der Waals surface area contributed by atoms with Crippen molar-refractivity contribution in [2.24, 2.45) is 0 Å². The molecule has 2 aromatic carbocycles. The van der Waals surface area contributed by atoms with Gasteiger partial charge in [0.05, 0.1) is 0 Å². The minimum absolute atomic E-state index is 0.113. The number of amides is 2. The molecule has 0 saturated heterocycles. The molecule has 0 bridgehead atoms. The maximum Gasteiger partial charge on any atom is 0.270 e. The summed E-state index contributed by atoms with van der Waals surface area (Å²) in [6.45, 7) is 0.450. The first-order valence-electron chi connectivity index (χ1n) is 8.72. The van der Waals surface area contributed by atoms with E-state index in [2.05, 4.69) is 15.6 Å². The Hall–Kier alpha value is -2.31. The van der Waals surface area contributed by atoms with Gasteiger partial charge >= 0.3 is 0 Å². The van der Waals surface area contributed by atoms with Crippen molar-refractivity contribution in [3.63, 3.8) is 0 Å². The average molecular weight is 483 g/mol. The van der Waals surface area contributed by atoms with Crippen molar-refractivity contribution in [1.29, 1.82) is 0 Å². The average Bonchev–Trinajstić information content (AvgIpc) is 2.69. The number of halogens is 4. The van der Waals surface area contributed by atoms with Crippen LogP contribution in [0.4, 0.5) is 0 Å². The molecular weight excluding hydrogens is 468 g/mol. The van der Waals surface area contributed by atoms with Crippen LogP contribution in [-0.2, 0) is 13.1 Å². The predicted octanol–water partition coefficient (Wildman–Crippen LogP) is 5.56. The highest BCUT2D eigenvalue weighted by Crippen LogP contribution is 2.20. The lowest BCUT2D eigenvalue weighted by atomic mass is 10.2. The summed E-state index contributed by atoms with van der Waals surface area (Å²) in [4.78, 5) is 28.9. The number of carbonyl (C=O) groups is 2. The summed E-state index contributed by atoms with van der Waals surface area (Å²) in [5.74, 6) is -0.786. The molecule has 0 aliphatic heterocycles. The van der Waals surface area contributed by atoms with Crippen molar-refractivity contribution in [1.82, 2.24) is 15.6 Å². The van der Waals surface area contributed by atoms with Crippen LogP contribution in [0.1, 0.15) is 32.0 Å². The van der Waals surface area contributed by atoms with E-state index in [-0.39, 0.29) is 24.7 Å². The number of hydrogen-bond donors (Lipinski definition) is 2. The zero-order chi connectivity index (χ0) is 21.7. The summed E-state index contributed by atoms with van der Waals surface area (Å²) in [6.07, 6.45) is 1.40. The van der Waals surface area contributed by atoms with Crippen molar-refractivity contribution < 1.29 is 9.59 Å². The van der Waals surface area contributed by atoms with E-state index in [4.69, 9.17) is 46.4 Å². The molecule has 2 amide bonds. The van der Waals surface area contributed by atoms with Crippen LogP contribution in [0, 0.1) is 0 Å². The highest BCUT2D eigenvalue weighted by molar-refractivity contribution is 6.35. The molecule has 5 nitrogen and oxygen atoms in total. The maximum absolute atomic E-state index is 12.5. The van der Waals surface area contributed by atoms with Crippen molar-refractivity contribution in [2.75, 3.05) is 0 Å². The van der Waals surface area contributed by atoms with Gasteiger partial charge < -0.3 is 10.6 Å². The Labute approximate surface area is 193 Å². The molecule has 154 valence electrons. The molecule has 2 N–H and O–H groups in total. The van der Waals surface area contributed by atoms with E-state index in [0.29, 0.717) is 25.7 Å². The molecule has 0 unspecified atom stereocenters. The Morgan fingerprint density at radius 1 is 0.700 bits per heavy atom. The first kappa shape index (κ1) is 22.4. The lowest BCUT2D eigenvalue weighted by Crippen LogP contribution is -2.26. The third kappa shape index (κ3) is 6.34. The molecule has 0 fully saturated rings. The first-order valence-corrected chi connectivity index (χ1v) is 10.2. The topological polar surface area (TPSA) is 71.1 Å². The number of rotatable bonds is 6. The minimum atomic E-state index is -0.428. The summed E-state index contributed by atoms with van der Waals surface area (Å²) in [6, 6.07) is 13.0. The fraction of sp³-hybridized carbons (Fsp3) is 0.0952. The normalized spacial score (nSPS) is 10.5. The largest absolute Gasteiger partial charge is 0.348 e. The van der Waals surface area contributed by atoms with Crippen LogP contribution < -0.4 is 10.6 Å². The highest BCUT2D eigenvalue weighted by Gasteiger charge is 2.12. The molecule has 9 heteroatoms. The van der Waals surface area contributed by atoms with E-state index in [1.165, 1.54) is 18.3 Å². The predicted molar refractivity (Wildman–Crippen MR) is 120 cm³/mol. The van der Waals surface area contributed by atoms with Gasteiger partial charge in [-0.1, -0.05) is 46.4 Å². The van der Waals surface area contributed by atoms with E-state index in [0.717, 1.165) is 11.1 Å². The van der Waals surface area contributed by atoms with Crippen LogP contribution >= 0.6 is 46.4 Å². The van der Waals surface area contributed by atoms with Gasteiger partial charge in [0, 0.05) is 44.9 Å². The van der Waals surface area contributed by atoms with Crippen LogP contribution in [0.25, 0.3) is 0 Å². The molecule has 0 atom stereocenters. The lowest BCUT2D eigenvalue weighted by molar-refractivity contribution is 0.0946. The molecular formula is C21H15Cl4N3O2. The van der Waals surface area contributed by atoms with Crippen molar-refractivity contribution >= 4 is 58.2 Å². The number of pyridine rings is 1. The summed E-state index contributed by atoms with van der Waals surface area (Å²) in [5, 5.41) is 7.40. The van der Waals surface area contributed by atoms with Gasteiger partial charge in [-0.15, -0.1) is 0 Å². The van der Waals surface area contributed by atoms with Gasteiger partial charge in [0.2, 0.25) is 0 Å². The van der Waals surface area contributed by atoms with Gasteiger partial charge in [0.15, 0.2) is 0 Å². The lowest BCUT2D eigenvalue weighted by Gasteiger charge is -2.09. The van der Waals surface area contributed by atoms with Gasteiger partial charge in [-0.25, -0.2) is 0 Å². The van der Waals surface area contributed by atoms with Crippen LogP contribution in [0.15, 0.2) is 54.7 Å². The number of hydrogen-bond acceptors (Lipinski definition) is 3. The third-order valence-electron chi connectivity index (χ3n) is 4.01. The Kier molecular flexibility index (Phi) is 7.56. The fourth-order valence-electron chi connectivity index (χ4n) is 2.68. The second kappa shape index (κ2) is 10.1. The molecule has 1 aromatic heterocycles. The van der Waals surface area contributed by atoms with E-state index in [9.17, 15) is 9.59 Å². The van der Waals surface area contributed by atoms with E-state index < -0.39 is 5.91 Å². The number of benzene rings is 2. The number of nitrogens with zero attached hydrogens (tertiary/aromatic N) is 1. The number of aromatic nitrogens is 1. The van der Waals surface area contributed by atoms with Gasteiger partial charge in [0.1, 0.15) is 5.69 Å². The molecule has 1 heterocycles. The zero-order valence-electron chi connectivity index (χ0n) is 15.4. The van der Waals surface area contributed by atoms with Crippen LogP contribution in [0.3, 0.4) is 0 Å². The molecule has 0 aliphatic rings. The summed E-state index contributed by atoms with van der Waals surface area (Å²) in [7, 11) is 0. The Morgan fingerprint density at radius 3 is 1.67 bits per heavy atom. The maximum atomic E-state index is 12.5. The number of nitrogens with one attached hydrogen (secondary N) is 2. The molecule has 0 saturated carbocycles. The van der Waals surface area contributed by atoms with Gasteiger partial charge in [0.25, 0.3) is 11.8 Å². The third-order valence-corrected chi connectivity index (χ3v) is 4.88. The minimum Gasteiger partial charge on any atom is -0.348 e. The summed E-state index contributed by atoms with van der Waals surface area (Å²) in [5.41, 5.74) is 1.92. The number of carbonyl (C=O) groups excluding carboxylic acids is 2. The van der Waals surface area contributed by atoms with Crippen LogP contribution in [0.5, 0.6) is 0 Å². The molecule has 3 rings (SSSR count).